The summed E-state index contributed by atoms with van der Waals surface area (Å²) in [5.74, 6) is -0.157. The number of carbonyl (C=O) groups is 2. The molecule has 1 saturated heterocycles. The van der Waals surface area contributed by atoms with Crippen LogP contribution in [0.15, 0.2) is 30.3 Å². The van der Waals surface area contributed by atoms with Crippen molar-refractivity contribution in [3.63, 3.8) is 0 Å². The average Bonchev–Trinajstić information content (AvgIpc) is 2.97. The van der Waals surface area contributed by atoms with Crippen molar-refractivity contribution in [3.8, 4) is 0 Å². The van der Waals surface area contributed by atoms with Gasteiger partial charge in [0.1, 0.15) is 11.0 Å². The number of rotatable bonds is 4. The largest absolute Gasteiger partial charge is 0.348 e. The van der Waals surface area contributed by atoms with E-state index >= 15 is 0 Å². The molecule has 6 heteroatoms. The first kappa shape index (κ1) is 17.6. The van der Waals surface area contributed by atoms with Crippen LogP contribution in [0.1, 0.15) is 45.2 Å². The maximum Gasteiger partial charge on any atom is 0.254 e. The van der Waals surface area contributed by atoms with E-state index in [1.165, 1.54) is 4.88 Å². The molecule has 2 amide bonds. The molecule has 1 atom stereocenters. The van der Waals surface area contributed by atoms with Crippen LogP contribution in [-0.2, 0) is 11.3 Å². The van der Waals surface area contributed by atoms with Crippen molar-refractivity contribution in [3.05, 3.63) is 51.5 Å². The predicted octanol–water partition coefficient (Wildman–Crippen LogP) is 3.07. The monoisotopic (exact) mass is 357 g/mol. The lowest BCUT2D eigenvalue weighted by molar-refractivity contribution is -0.126. The van der Waals surface area contributed by atoms with Gasteiger partial charge in [-0.1, -0.05) is 18.2 Å². The summed E-state index contributed by atoms with van der Waals surface area (Å²) in [6.07, 6.45) is 2.61. The first-order valence-electron chi connectivity index (χ1n) is 8.63. The molecule has 1 aromatic heterocycles. The van der Waals surface area contributed by atoms with E-state index in [1.54, 1.807) is 28.4 Å². The lowest BCUT2D eigenvalue weighted by atomic mass is 10.00. The van der Waals surface area contributed by atoms with Gasteiger partial charge >= 0.3 is 0 Å². The van der Waals surface area contributed by atoms with Crippen LogP contribution < -0.4 is 5.32 Å². The van der Waals surface area contributed by atoms with Crippen LogP contribution in [0.5, 0.6) is 0 Å². The predicted molar refractivity (Wildman–Crippen MR) is 98.6 cm³/mol. The Hall–Kier alpha value is -2.21. The molecular formula is C19H23N3O2S. The molecule has 1 aliphatic rings. The highest BCUT2D eigenvalue weighted by Gasteiger charge is 2.32. The van der Waals surface area contributed by atoms with Crippen LogP contribution in [-0.4, -0.2) is 34.3 Å². The third kappa shape index (κ3) is 4.07. The standard InChI is InChI=1S/C19H23N3O2S/c1-13-14(2)25-17(21-13)12-20-18(23)16-10-6-7-11-22(16)19(24)15-8-4-3-5-9-15/h3-5,8-9,16H,6-7,10-12H2,1-2H3,(H,20,23)/t16-/m1/s1. The minimum atomic E-state index is -0.399. The summed E-state index contributed by atoms with van der Waals surface area (Å²) in [5, 5.41) is 3.86. The molecule has 25 heavy (non-hydrogen) atoms. The van der Waals surface area contributed by atoms with Crippen molar-refractivity contribution in [2.24, 2.45) is 0 Å². The minimum Gasteiger partial charge on any atom is -0.348 e. The Balaban J connectivity index is 1.67. The highest BCUT2D eigenvalue weighted by Crippen LogP contribution is 2.21. The van der Waals surface area contributed by atoms with Gasteiger partial charge in [0.05, 0.1) is 12.2 Å². The van der Waals surface area contributed by atoms with Crippen molar-refractivity contribution in [2.45, 2.75) is 45.7 Å². The molecule has 132 valence electrons. The van der Waals surface area contributed by atoms with Crippen LogP contribution in [0.3, 0.4) is 0 Å². The Morgan fingerprint density at radius 2 is 2.00 bits per heavy atom. The Bertz CT molecular complexity index is 738. The number of amides is 2. The Morgan fingerprint density at radius 1 is 1.24 bits per heavy atom. The van der Waals surface area contributed by atoms with Gasteiger partial charge in [0.2, 0.25) is 5.91 Å². The number of hydrogen-bond acceptors (Lipinski definition) is 4. The molecule has 2 heterocycles. The molecular weight excluding hydrogens is 334 g/mol. The van der Waals surface area contributed by atoms with E-state index in [2.05, 4.69) is 10.3 Å². The van der Waals surface area contributed by atoms with E-state index < -0.39 is 6.04 Å². The number of piperidine rings is 1. The summed E-state index contributed by atoms with van der Waals surface area (Å²) in [6, 6.07) is 8.78. The van der Waals surface area contributed by atoms with Gasteiger partial charge in [0.15, 0.2) is 0 Å². The quantitative estimate of drug-likeness (QED) is 0.915. The van der Waals surface area contributed by atoms with Gasteiger partial charge in [0.25, 0.3) is 5.91 Å². The van der Waals surface area contributed by atoms with Crippen LogP contribution in [0.4, 0.5) is 0 Å². The van der Waals surface area contributed by atoms with E-state index in [0.29, 0.717) is 25.1 Å². The maximum absolute atomic E-state index is 12.8. The van der Waals surface area contributed by atoms with Gasteiger partial charge in [-0.3, -0.25) is 9.59 Å². The normalized spacial score (nSPS) is 17.4. The maximum atomic E-state index is 12.8. The molecule has 5 nitrogen and oxygen atoms in total. The first-order valence-corrected chi connectivity index (χ1v) is 9.44. The van der Waals surface area contributed by atoms with Crippen molar-refractivity contribution in [2.75, 3.05) is 6.54 Å². The molecule has 3 rings (SSSR count). The van der Waals surface area contributed by atoms with Crippen LogP contribution >= 0.6 is 11.3 Å². The Morgan fingerprint density at radius 3 is 2.68 bits per heavy atom. The summed E-state index contributed by atoms with van der Waals surface area (Å²) >= 11 is 1.60. The van der Waals surface area contributed by atoms with E-state index in [4.69, 9.17) is 0 Å². The van der Waals surface area contributed by atoms with Gasteiger partial charge < -0.3 is 10.2 Å². The second kappa shape index (κ2) is 7.78. The second-order valence-electron chi connectivity index (χ2n) is 6.34. The van der Waals surface area contributed by atoms with Crippen molar-refractivity contribution >= 4 is 23.2 Å². The summed E-state index contributed by atoms with van der Waals surface area (Å²) in [5.41, 5.74) is 1.64. The third-order valence-corrected chi connectivity index (χ3v) is 5.65. The fraction of sp³-hybridized carbons (Fsp3) is 0.421. The molecule has 0 spiro atoms. The van der Waals surface area contributed by atoms with Crippen LogP contribution in [0.2, 0.25) is 0 Å². The minimum absolute atomic E-state index is 0.0682. The summed E-state index contributed by atoms with van der Waals surface area (Å²) in [4.78, 5) is 32.8. The molecule has 1 fully saturated rings. The van der Waals surface area contributed by atoms with E-state index in [9.17, 15) is 9.59 Å². The molecule has 0 bridgehead atoms. The first-order chi connectivity index (χ1) is 12.1. The number of carbonyl (C=O) groups excluding carboxylic acids is 2. The number of nitrogens with one attached hydrogen (secondary N) is 1. The second-order valence-corrected chi connectivity index (χ2v) is 7.63. The molecule has 0 saturated carbocycles. The molecule has 1 aromatic carbocycles. The average molecular weight is 357 g/mol. The van der Waals surface area contributed by atoms with Crippen molar-refractivity contribution in [1.29, 1.82) is 0 Å². The van der Waals surface area contributed by atoms with E-state index in [-0.39, 0.29) is 11.8 Å². The lowest BCUT2D eigenvalue weighted by Crippen LogP contribution is -2.51. The number of nitrogens with zero attached hydrogens (tertiary/aromatic N) is 2. The number of likely N-dealkylation sites (tertiary alicyclic amines) is 1. The molecule has 1 aliphatic heterocycles. The zero-order chi connectivity index (χ0) is 17.8. The van der Waals surface area contributed by atoms with E-state index in [0.717, 1.165) is 23.5 Å². The number of aryl methyl sites for hydroxylation is 2. The van der Waals surface area contributed by atoms with Gasteiger partial charge in [-0.2, -0.15) is 0 Å². The Kier molecular flexibility index (Phi) is 5.48. The molecule has 2 aromatic rings. The molecule has 0 aliphatic carbocycles. The van der Waals surface area contributed by atoms with Crippen LogP contribution in [0, 0.1) is 13.8 Å². The summed E-state index contributed by atoms with van der Waals surface area (Å²) in [7, 11) is 0. The molecule has 1 N–H and O–H groups in total. The smallest absolute Gasteiger partial charge is 0.254 e. The molecule has 0 unspecified atom stereocenters. The lowest BCUT2D eigenvalue weighted by Gasteiger charge is -2.34. The summed E-state index contributed by atoms with van der Waals surface area (Å²) < 4.78 is 0. The van der Waals surface area contributed by atoms with Gasteiger partial charge in [-0.05, 0) is 45.2 Å². The highest BCUT2D eigenvalue weighted by atomic mass is 32.1. The van der Waals surface area contributed by atoms with E-state index in [1.807, 2.05) is 32.0 Å². The summed E-state index contributed by atoms with van der Waals surface area (Å²) in [6.45, 7) is 5.04. The zero-order valence-corrected chi connectivity index (χ0v) is 15.4. The van der Waals surface area contributed by atoms with Gasteiger partial charge in [0, 0.05) is 17.0 Å². The highest BCUT2D eigenvalue weighted by molar-refractivity contribution is 7.11. The topological polar surface area (TPSA) is 62.3 Å². The van der Waals surface area contributed by atoms with Crippen LogP contribution in [0.25, 0.3) is 0 Å². The van der Waals surface area contributed by atoms with Gasteiger partial charge in [-0.15, -0.1) is 11.3 Å². The Labute approximate surface area is 152 Å². The third-order valence-electron chi connectivity index (χ3n) is 4.57. The fourth-order valence-corrected chi connectivity index (χ4v) is 3.96. The molecule has 0 radical (unpaired) electrons. The SMILES string of the molecule is Cc1nc(CNC(=O)[C@H]2CCCCN2C(=O)c2ccccc2)sc1C. The number of aromatic nitrogens is 1. The zero-order valence-electron chi connectivity index (χ0n) is 14.6. The van der Waals surface area contributed by atoms with Gasteiger partial charge in [-0.25, -0.2) is 4.98 Å². The number of hydrogen-bond donors (Lipinski definition) is 1. The van der Waals surface area contributed by atoms with Crippen molar-refractivity contribution in [1.82, 2.24) is 15.2 Å². The number of benzene rings is 1. The fourth-order valence-electron chi connectivity index (χ4n) is 3.09. The van der Waals surface area contributed by atoms with Crippen molar-refractivity contribution < 1.29 is 9.59 Å². The number of thiazole rings is 1.